The Hall–Kier alpha value is -2.89. The van der Waals surface area contributed by atoms with Crippen LogP contribution in [0.3, 0.4) is 0 Å². The van der Waals surface area contributed by atoms with Gasteiger partial charge >= 0.3 is 5.69 Å². The number of ether oxygens (including phenoxy) is 1. The Balaban J connectivity index is 0.00000225. The average Bonchev–Trinajstić information content (AvgIpc) is 3.06. The number of halogens is 2. The SMILES string of the molecule is Cl.O=c1[nH]c2ccc(NCc3ccc(OCc4ccccc4Cl)cc3)cc2[nH]1. The molecule has 3 aromatic carbocycles. The van der Waals surface area contributed by atoms with Gasteiger partial charge in [-0.05, 0) is 42.0 Å². The smallest absolute Gasteiger partial charge is 0.323 e. The zero-order valence-electron chi connectivity index (χ0n) is 14.9. The molecular formula is C21H19Cl2N3O2. The fourth-order valence-electron chi connectivity index (χ4n) is 2.83. The first-order valence-electron chi connectivity index (χ1n) is 8.58. The molecule has 3 N–H and O–H groups in total. The molecule has 144 valence electrons. The van der Waals surface area contributed by atoms with Crippen molar-refractivity contribution in [1.82, 2.24) is 9.97 Å². The number of H-pyrrole nitrogens is 2. The number of rotatable bonds is 6. The molecule has 0 fully saturated rings. The van der Waals surface area contributed by atoms with Crippen LogP contribution in [0.5, 0.6) is 5.75 Å². The standard InChI is InChI=1S/C21H18ClN3O2.ClH/c22-18-4-2-1-3-15(18)13-27-17-8-5-14(6-9-17)12-23-16-7-10-19-20(11-16)25-21(26)24-19;/h1-11,23H,12-13H2,(H2,24,25,26);1H. The van der Waals surface area contributed by atoms with Gasteiger partial charge in [0, 0.05) is 22.8 Å². The molecule has 5 nitrogen and oxygen atoms in total. The minimum absolute atomic E-state index is 0. The average molecular weight is 416 g/mol. The van der Waals surface area contributed by atoms with Crippen molar-refractivity contribution in [1.29, 1.82) is 0 Å². The first-order valence-corrected chi connectivity index (χ1v) is 8.96. The highest BCUT2D eigenvalue weighted by Gasteiger charge is 2.02. The van der Waals surface area contributed by atoms with Crippen LogP contribution >= 0.6 is 24.0 Å². The highest BCUT2D eigenvalue weighted by molar-refractivity contribution is 6.31. The Morgan fingerprint density at radius 3 is 2.46 bits per heavy atom. The van der Waals surface area contributed by atoms with Gasteiger partial charge in [-0.2, -0.15) is 0 Å². The van der Waals surface area contributed by atoms with Crippen molar-refractivity contribution in [2.24, 2.45) is 0 Å². The molecule has 0 aliphatic heterocycles. The minimum atomic E-state index is -0.200. The van der Waals surface area contributed by atoms with Gasteiger partial charge in [0.25, 0.3) is 0 Å². The fourth-order valence-corrected chi connectivity index (χ4v) is 3.02. The number of aromatic nitrogens is 2. The largest absolute Gasteiger partial charge is 0.489 e. The zero-order valence-corrected chi connectivity index (χ0v) is 16.4. The predicted molar refractivity (Wildman–Crippen MR) is 116 cm³/mol. The molecule has 0 atom stereocenters. The molecule has 4 aromatic rings. The minimum Gasteiger partial charge on any atom is -0.489 e. The first-order chi connectivity index (χ1) is 13.2. The van der Waals surface area contributed by atoms with Crippen molar-refractivity contribution in [2.45, 2.75) is 13.2 Å². The van der Waals surface area contributed by atoms with Crippen LogP contribution in [0.4, 0.5) is 5.69 Å². The third-order valence-electron chi connectivity index (χ3n) is 4.29. The molecule has 7 heteroatoms. The van der Waals surface area contributed by atoms with E-state index >= 15 is 0 Å². The highest BCUT2D eigenvalue weighted by atomic mass is 35.5. The highest BCUT2D eigenvalue weighted by Crippen LogP contribution is 2.20. The molecule has 4 rings (SSSR count). The quantitative estimate of drug-likeness (QED) is 0.409. The summed E-state index contributed by atoms with van der Waals surface area (Å²) in [5.41, 5.74) is 4.41. The van der Waals surface area contributed by atoms with Gasteiger partial charge in [-0.25, -0.2) is 4.79 Å². The number of hydrogen-bond acceptors (Lipinski definition) is 3. The van der Waals surface area contributed by atoms with Crippen molar-refractivity contribution in [2.75, 3.05) is 5.32 Å². The molecule has 28 heavy (non-hydrogen) atoms. The summed E-state index contributed by atoms with van der Waals surface area (Å²) in [5.74, 6) is 0.796. The van der Waals surface area contributed by atoms with Gasteiger partial charge in [0.1, 0.15) is 12.4 Å². The molecule has 1 aromatic heterocycles. The second-order valence-electron chi connectivity index (χ2n) is 6.22. The van der Waals surface area contributed by atoms with Gasteiger partial charge < -0.3 is 20.0 Å². The van der Waals surface area contributed by atoms with E-state index in [1.807, 2.05) is 66.7 Å². The van der Waals surface area contributed by atoms with Gasteiger partial charge in [-0.1, -0.05) is 41.9 Å². The van der Waals surface area contributed by atoms with E-state index < -0.39 is 0 Å². The molecule has 0 unspecified atom stereocenters. The van der Waals surface area contributed by atoms with E-state index in [1.54, 1.807) is 0 Å². The summed E-state index contributed by atoms with van der Waals surface area (Å²) in [7, 11) is 0. The fraction of sp³-hybridized carbons (Fsp3) is 0.0952. The van der Waals surface area contributed by atoms with E-state index in [-0.39, 0.29) is 18.1 Å². The molecule has 0 saturated heterocycles. The van der Waals surface area contributed by atoms with Gasteiger partial charge in [0.05, 0.1) is 11.0 Å². The maximum Gasteiger partial charge on any atom is 0.323 e. The van der Waals surface area contributed by atoms with Gasteiger partial charge in [0.2, 0.25) is 0 Å². The molecule has 1 heterocycles. The summed E-state index contributed by atoms with van der Waals surface area (Å²) in [6.45, 7) is 1.11. The summed E-state index contributed by atoms with van der Waals surface area (Å²) < 4.78 is 5.80. The van der Waals surface area contributed by atoms with E-state index in [0.717, 1.165) is 33.6 Å². The van der Waals surface area contributed by atoms with E-state index in [1.165, 1.54) is 0 Å². The Bertz CT molecular complexity index is 1120. The number of anilines is 1. The Morgan fingerprint density at radius 1 is 0.929 bits per heavy atom. The van der Waals surface area contributed by atoms with Crippen LogP contribution in [0.15, 0.2) is 71.5 Å². The molecule has 0 aliphatic carbocycles. The topological polar surface area (TPSA) is 69.9 Å². The predicted octanol–water partition coefficient (Wildman–Crippen LogP) is 5.12. The number of nitrogens with one attached hydrogen (secondary N) is 3. The second-order valence-corrected chi connectivity index (χ2v) is 6.62. The Kier molecular flexibility index (Phi) is 6.29. The summed E-state index contributed by atoms with van der Waals surface area (Å²) in [5, 5.41) is 4.06. The molecular weight excluding hydrogens is 397 g/mol. The number of fused-ring (bicyclic) bond motifs is 1. The Morgan fingerprint density at radius 2 is 1.68 bits per heavy atom. The molecule has 0 radical (unpaired) electrons. The van der Waals surface area contributed by atoms with Crippen LogP contribution in [0.25, 0.3) is 11.0 Å². The third-order valence-corrected chi connectivity index (χ3v) is 4.66. The van der Waals surface area contributed by atoms with Crippen molar-refractivity contribution >= 4 is 40.7 Å². The second kappa shape index (κ2) is 8.87. The lowest BCUT2D eigenvalue weighted by Crippen LogP contribution is -2.00. The van der Waals surface area contributed by atoms with Crippen LogP contribution in [0.1, 0.15) is 11.1 Å². The van der Waals surface area contributed by atoms with Crippen molar-refractivity contribution in [3.63, 3.8) is 0 Å². The van der Waals surface area contributed by atoms with Gasteiger partial charge in [-0.15, -0.1) is 12.4 Å². The monoisotopic (exact) mass is 415 g/mol. The van der Waals surface area contributed by atoms with Crippen LogP contribution in [-0.4, -0.2) is 9.97 Å². The summed E-state index contributed by atoms with van der Waals surface area (Å²) in [4.78, 5) is 16.8. The molecule has 0 saturated carbocycles. The van der Waals surface area contributed by atoms with Crippen molar-refractivity contribution in [3.8, 4) is 5.75 Å². The lowest BCUT2D eigenvalue weighted by Gasteiger charge is -2.10. The van der Waals surface area contributed by atoms with E-state index in [9.17, 15) is 4.79 Å². The van der Waals surface area contributed by atoms with Crippen LogP contribution in [-0.2, 0) is 13.2 Å². The van der Waals surface area contributed by atoms with Crippen LogP contribution < -0.4 is 15.7 Å². The maximum atomic E-state index is 11.3. The zero-order chi connectivity index (χ0) is 18.6. The number of benzene rings is 3. The number of imidazole rings is 1. The first kappa shape index (κ1) is 19.9. The molecule has 0 aliphatic rings. The van der Waals surface area contributed by atoms with Crippen LogP contribution in [0.2, 0.25) is 5.02 Å². The van der Waals surface area contributed by atoms with Crippen molar-refractivity contribution < 1.29 is 4.74 Å². The third kappa shape index (κ3) is 4.68. The summed E-state index contributed by atoms with van der Waals surface area (Å²) in [6, 6.07) is 21.3. The molecule has 0 bridgehead atoms. The number of hydrogen-bond donors (Lipinski definition) is 3. The van der Waals surface area contributed by atoms with E-state index in [0.29, 0.717) is 18.2 Å². The van der Waals surface area contributed by atoms with E-state index in [2.05, 4.69) is 15.3 Å². The molecule has 0 amide bonds. The Labute approximate surface area is 173 Å². The molecule has 0 spiro atoms. The number of aromatic amines is 2. The maximum absolute atomic E-state index is 11.3. The lowest BCUT2D eigenvalue weighted by atomic mass is 10.2. The van der Waals surface area contributed by atoms with Crippen LogP contribution in [0, 0.1) is 0 Å². The lowest BCUT2D eigenvalue weighted by molar-refractivity contribution is 0.306. The van der Waals surface area contributed by atoms with E-state index in [4.69, 9.17) is 16.3 Å². The summed E-state index contributed by atoms with van der Waals surface area (Å²) >= 11 is 6.14. The van der Waals surface area contributed by atoms with Crippen molar-refractivity contribution in [3.05, 3.63) is 93.4 Å². The van der Waals surface area contributed by atoms with Gasteiger partial charge in [0.15, 0.2) is 0 Å². The normalized spacial score (nSPS) is 10.5. The van der Waals surface area contributed by atoms with Gasteiger partial charge in [-0.3, -0.25) is 0 Å². The summed E-state index contributed by atoms with van der Waals surface area (Å²) in [6.07, 6.45) is 0.